The molecule has 2 aromatic rings. The maximum absolute atomic E-state index is 12.9. The molecule has 0 radical (unpaired) electrons. The van der Waals surface area contributed by atoms with E-state index in [-0.39, 0.29) is 29.6 Å². The fraction of sp³-hybridized carbons (Fsp3) is 0.292. The predicted molar refractivity (Wildman–Crippen MR) is 116 cm³/mol. The molecule has 0 bridgehead atoms. The standard InChI is InChI=1S/C24H25N3O4/c1-31-19-11-9-16(10-12-19)13-14-25-22(28)17-5-4-6-18(15-17)27-24(30)21-8-3-2-7-20(21)23(29)26-27/h2-6,9-12,15,20-21H,7-8,13-14H2,1H3,(H,25,28)(H,26,29). The van der Waals surface area contributed by atoms with Gasteiger partial charge in [-0.3, -0.25) is 19.8 Å². The zero-order valence-corrected chi connectivity index (χ0v) is 17.3. The van der Waals surface area contributed by atoms with Gasteiger partial charge in [0.15, 0.2) is 0 Å². The van der Waals surface area contributed by atoms with Gasteiger partial charge in [-0.2, -0.15) is 0 Å². The van der Waals surface area contributed by atoms with Gasteiger partial charge in [-0.25, -0.2) is 5.01 Å². The third-order valence-electron chi connectivity index (χ3n) is 5.75. The molecule has 2 unspecified atom stereocenters. The highest BCUT2D eigenvalue weighted by Gasteiger charge is 2.42. The molecule has 7 heteroatoms. The van der Waals surface area contributed by atoms with Crippen molar-refractivity contribution in [3.05, 3.63) is 71.8 Å². The summed E-state index contributed by atoms with van der Waals surface area (Å²) >= 11 is 0. The van der Waals surface area contributed by atoms with Crippen molar-refractivity contribution in [2.75, 3.05) is 18.7 Å². The molecule has 1 aliphatic heterocycles. The Morgan fingerprint density at radius 3 is 2.58 bits per heavy atom. The molecule has 2 atom stereocenters. The highest BCUT2D eigenvalue weighted by Crippen LogP contribution is 2.32. The summed E-state index contributed by atoms with van der Waals surface area (Å²) in [5.74, 6) is -0.433. The maximum atomic E-state index is 12.9. The molecule has 160 valence electrons. The van der Waals surface area contributed by atoms with Gasteiger partial charge in [0.25, 0.3) is 5.91 Å². The minimum absolute atomic E-state index is 0.147. The second-order valence-corrected chi connectivity index (χ2v) is 7.71. The Balaban J connectivity index is 1.40. The average molecular weight is 419 g/mol. The minimum Gasteiger partial charge on any atom is -0.497 e. The van der Waals surface area contributed by atoms with Crippen LogP contribution in [0.3, 0.4) is 0 Å². The normalized spacial score (nSPS) is 20.1. The van der Waals surface area contributed by atoms with E-state index in [2.05, 4.69) is 10.7 Å². The summed E-state index contributed by atoms with van der Waals surface area (Å²) in [5, 5.41) is 4.18. The van der Waals surface area contributed by atoms with Crippen molar-refractivity contribution < 1.29 is 19.1 Å². The number of fused-ring (bicyclic) bond motifs is 1. The number of anilines is 1. The lowest BCUT2D eigenvalue weighted by Gasteiger charge is -2.38. The summed E-state index contributed by atoms with van der Waals surface area (Å²) in [6.45, 7) is 0.477. The van der Waals surface area contributed by atoms with E-state index in [1.54, 1.807) is 31.4 Å². The molecular weight excluding hydrogens is 394 g/mol. The Labute approximate surface area is 181 Å². The van der Waals surface area contributed by atoms with Gasteiger partial charge in [-0.1, -0.05) is 30.4 Å². The molecule has 0 spiro atoms. The van der Waals surface area contributed by atoms with Gasteiger partial charge in [0.1, 0.15) is 5.75 Å². The van der Waals surface area contributed by atoms with Crippen LogP contribution in [-0.4, -0.2) is 31.4 Å². The first kappa shape index (κ1) is 20.7. The molecule has 1 fully saturated rings. The first-order valence-electron chi connectivity index (χ1n) is 10.4. The molecule has 1 heterocycles. The van der Waals surface area contributed by atoms with Crippen LogP contribution < -0.4 is 20.5 Å². The summed E-state index contributed by atoms with van der Waals surface area (Å²) in [4.78, 5) is 38.0. The van der Waals surface area contributed by atoms with Crippen LogP contribution in [0, 0.1) is 11.8 Å². The molecule has 31 heavy (non-hydrogen) atoms. The fourth-order valence-corrected chi connectivity index (χ4v) is 3.98. The van der Waals surface area contributed by atoms with Gasteiger partial charge in [-0.15, -0.1) is 0 Å². The zero-order valence-electron chi connectivity index (χ0n) is 17.3. The van der Waals surface area contributed by atoms with Gasteiger partial charge in [0.05, 0.1) is 24.6 Å². The number of rotatable bonds is 6. The van der Waals surface area contributed by atoms with Crippen LogP contribution in [0.5, 0.6) is 5.75 Å². The third-order valence-corrected chi connectivity index (χ3v) is 5.75. The molecule has 1 saturated heterocycles. The van der Waals surface area contributed by atoms with Crippen molar-refractivity contribution in [2.45, 2.75) is 19.3 Å². The van der Waals surface area contributed by atoms with E-state index in [1.165, 1.54) is 5.01 Å². The monoisotopic (exact) mass is 419 g/mol. The smallest absolute Gasteiger partial charge is 0.251 e. The number of methoxy groups -OCH3 is 1. The fourth-order valence-electron chi connectivity index (χ4n) is 3.98. The van der Waals surface area contributed by atoms with Crippen LogP contribution in [-0.2, 0) is 16.0 Å². The first-order chi connectivity index (χ1) is 15.1. The van der Waals surface area contributed by atoms with Gasteiger partial charge in [0, 0.05) is 12.1 Å². The second kappa shape index (κ2) is 9.04. The minimum atomic E-state index is -0.360. The Morgan fingerprint density at radius 1 is 1.10 bits per heavy atom. The quantitative estimate of drug-likeness (QED) is 0.705. The number of carbonyl (C=O) groups is 3. The number of amides is 3. The number of hydrogen-bond donors (Lipinski definition) is 2. The first-order valence-corrected chi connectivity index (χ1v) is 10.4. The molecule has 3 amide bonds. The molecule has 0 aromatic heterocycles. The van der Waals surface area contributed by atoms with E-state index in [4.69, 9.17) is 4.74 Å². The van der Waals surface area contributed by atoms with Crippen LogP contribution >= 0.6 is 0 Å². The largest absolute Gasteiger partial charge is 0.497 e. The zero-order chi connectivity index (χ0) is 21.8. The van der Waals surface area contributed by atoms with Crippen molar-refractivity contribution in [2.24, 2.45) is 11.8 Å². The van der Waals surface area contributed by atoms with Gasteiger partial charge >= 0.3 is 0 Å². The number of hydrazine groups is 1. The van der Waals surface area contributed by atoms with E-state index >= 15 is 0 Å². The number of hydrogen-bond acceptors (Lipinski definition) is 4. The van der Waals surface area contributed by atoms with Crippen LogP contribution in [0.15, 0.2) is 60.7 Å². The van der Waals surface area contributed by atoms with Crippen molar-refractivity contribution in [1.29, 1.82) is 0 Å². The number of nitrogens with one attached hydrogen (secondary N) is 2. The van der Waals surface area contributed by atoms with E-state index < -0.39 is 0 Å². The average Bonchev–Trinajstić information content (AvgIpc) is 2.82. The van der Waals surface area contributed by atoms with Crippen LogP contribution in [0.25, 0.3) is 0 Å². The molecular formula is C24H25N3O4. The van der Waals surface area contributed by atoms with E-state index in [0.717, 1.165) is 11.3 Å². The summed E-state index contributed by atoms with van der Waals surface area (Å²) in [6, 6.07) is 14.4. The molecule has 4 rings (SSSR count). The molecule has 0 saturated carbocycles. The number of ether oxygens (including phenoxy) is 1. The number of nitrogens with zero attached hydrogens (tertiary/aromatic N) is 1. The Morgan fingerprint density at radius 2 is 1.84 bits per heavy atom. The molecule has 2 aliphatic rings. The number of allylic oxidation sites excluding steroid dienone is 2. The highest BCUT2D eigenvalue weighted by atomic mass is 16.5. The number of carbonyl (C=O) groups excluding carboxylic acids is 3. The van der Waals surface area contributed by atoms with Gasteiger partial charge in [0.2, 0.25) is 11.8 Å². The van der Waals surface area contributed by atoms with Gasteiger partial charge in [-0.05, 0) is 55.2 Å². The molecule has 2 N–H and O–H groups in total. The molecule has 2 aromatic carbocycles. The van der Waals surface area contributed by atoms with Crippen LogP contribution in [0.2, 0.25) is 0 Å². The van der Waals surface area contributed by atoms with Crippen LogP contribution in [0.4, 0.5) is 5.69 Å². The Bertz CT molecular complexity index is 1020. The maximum Gasteiger partial charge on any atom is 0.251 e. The van der Waals surface area contributed by atoms with E-state index in [0.29, 0.717) is 37.1 Å². The SMILES string of the molecule is COc1ccc(CCNC(=O)c2cccc(N3NC(=O)C4CC=CCC4C3=O)c2)cc1. The second-order valence-electron chi connectivity index (χ2n) is 7.71. The predicted octanol–water partition coefficient (Wildman–Crippen LogP) is 2.63. The highest BCUT2D eigenvalue weighted by molar-refractivity contribution is 6.05. The van der Waals surface area contributed by atoms with Crippen molar-refractivity contribution in [1.82, 2.24) is 10.7 Å². The van der Waals surface area contributed by atoms with E-state index in [1.807, 2.05) is 36.4 Å². The topological polar surface area (TPSA) is 87.7 Å². The lowest BCUT2D eigenvalue weighted by Crippen LogP contribution is -2.59. The molecule has 1 aliphatic carbocycles. The summed E-state index contributed by atoms with van der Waals surface area (Å²) in [7, 11) is 1.62. The van der Waals surface area contributed by atoms with Crippen molar-refractivity contribution in [3.63, 3.8) is 0 Å². The van der Waals surface area contributed by atoms with Gasteiger partial charge < -0.3 is 10.1 Å². The van der Waals surface area contributed by atoms with Crippen molar-refractivity contribution in [3.8, 4) is 5.75 Å². The Kier molecular flexibility index (Phi) is 6.02. The summed E-state index contributed by atoms with van der Waals surface area (Å²) in [6.07, 6.45) is 5.71. The third kappa shape index (κ3) is 4.45. The Hall–Kier alpha value is -3.61. The lowest BCUT2D eigenvalue weighted by atomic mass is 9.80. The molecule has 7 nitrogen and oxygen atoms in total. The number of benzene rings is 2. The van der Waals surface area contributed by atoms with Crippen LogP contribution in [0.1, 0.15) is 28.8 Å². The lowest BCUT2D eigenvalue weighted by molar-refractivity contribution is -0.139. The summed E-state index contributed by atoms with van der Waals surface area (Å²) in [5.41, 5.74) is 4.69. The van der Waals surface area contributed by atoms with Crippen molar-refractivity contribution >= 4 is 23.4 Å². The van der Waals surface area contributed by atoms with E-state index in [9.17, 15) is 14.4 Å². The summed E-state index contributed by atoms with van der Waals surface area (Å²) < 4.78 is 5.15.